The summed E-state index contributed by atoms with van der Waals surface area (Å²) in [6, 6.07) is 5.03. The van der Waals surface area contributed by atoms with Crippen LogP contribution in [0.2, 0.25) is 10.0 Å². The minimum Gasteiger partial charge on any atom is -0.271 e. The number of halogens is 2. The molecule has 1 heterocycles. The lowest BCUT2D eigenvalue weighted by Gasteiger charge is -2.22. The second kappa shape index (κ2) is 5.95. The Labute approximate surface area is 132 Å². The summed E-state index contributed by atoms with van der Waals surface area (Å²) < 4.78 is 4.06. The third-order valence-electron chi connectivity index (χ3n) is 2.92. The number of hydrogen-bond acceptors (Lipinski definition) is 5. The van der Waals surface area contributed by atoms with Gasteiger partial charge in [-0.1, -0.05) is 48.5 Å². The smallest absolute Gasteiger partial charge is 0.0861 e. The van der Waals surface area contributed by atoms with Gasteiger partial charge >= 0.3 is 0 Å². The standard InChI is InChI=1S/C13H16Cl2N4S/c1-13(2,3)12-11(20-19-18-12)10(17-16)8-6-7(14)4-5-9(8)15/h4-6,10,17H,16H2,1-3H3. The van der Waals surface area contributed by atoms with Crippen molar-refractivity contribution in [1.82, 2.24) is 15.0 Å². The Hall–Kier alpha value is -0.720. The number of nitrogens with two attached hydrogens (primary N) is 1. The molecule has 20 heavy (non-hydrogen) atoms. The highest BCUT2D eigenvalue weighted by Gasteiger charge is 2.28. The second-order valence-electron chi connectivity index (χ2n) is 5.50. The normalized spacial score (nSPS) is 13.5. The highest BCUT2D eigenvalue weighted by molar-refractivity contribution is 7.05. The van der Waals surface area contributed by atoms with E-state index in [0.29, 0.717) is 10.0 Å². The first-order chi connectivity index (χ1) is 9.34. The van der Waals surface area contributed by atoms with E-state index in [1.165, 1.54) is 11.5 Å². The lowest BCUT2D eigenvalue weighted by atomic mass is 9.89. The van der Waals surface area contributed by atoms with Gasteiger partial charge in [-0.05, 0) is 35.3 Å². The fraction of sp³-hybridized carbons (Fsp3) is 0.385. The molecule has 0 aliphatic carbocycles. The summed E-state index contributed by atoms with van der Waals surface area (Å²) in [5.74, 6) is 5.73. The molecule has 7 heteroatoms. The van der Waals surface area contributed by atoms with Gasteiger partial charge in [-0.15, -0.1) is 5.10 Å². The van der Waals surface area contributed by atoms with Crippen molar-refractivity contribution in [2.45, 2.75) is 32.2 Å². The van der Waals surface area contributed by atoms with Crippen LogP contribution in [0.15, 0.2) is 18.2 Å². The molecule has 1 unspecified atom stereocenters. The molecule has 2 aromatic rings. The van der Waals surface area contributed by atoms with Crippen LogP contribution in [0.5, 0.6) is 0 Å². The molecule has 0 radical (unpaired) electrons. The van der Waals surface area contributed by atoms with Crippen LogP contribution in [-0.2, 0) is 5.41 Å². The van der Waals surface area contributed by atoms with Gasteiger partial charge in [0.2, 0.25) is 0 Å². The number of benzene rings is 1. The van der Waals surface area contributed by atoms with Gasteiger partial charge in [-0.3, -0.25) is 5.84 Å². The number of aromatic nitrogens is 2. The van der Waals surface area contributed by atoms with E-state index in [0.717, 1.165) is 16.1 Å². The van der Waals surface area contributed by atoms with Gasteiger partial charge in [-0.25, -0.2) is 5.43 Å². The maximum atomic E-state index is 6.26. The van der Waals surface area contributed by atoms with E-state index in [1.54, 1.807) is 18.2 Å². The molecule has 1 atom stereocenters. The molecule has 0 spiro atoms. The predicted octanol–water partition coefficient (Wildman–Crippen LogP) is 3.70. The molecule has 0 aliphatic heterocycles. The van der Waals surface area contributed by atoms with Gasteiger partial charge in [0.05, 0.1) is 16.6 Å². The van der Waals surface area contributed by atoms with E-state index >= 15 is 0 Å². The van der Waals surface area contributed by atoms with Crippen LogP contribution >= 0.6 is 34.7 Å². The first-order valence-electron chi connectivity index (χ1n) is 6.08. The summed E-state index contributed by atoms with van der Waals surface area (Å²) in [7, 11) is 0. The van der Waals surface area contributed by atoms with Crippen molar-refractivity contribution in [3.05, 3.63) is 44.4 Å². The molecular weight excluding hydrogens is 315 g/mol. The highest BCUT2D eigenvalue weighted by atomic mass is 35.5. The summed E-state index contributed by atoms with van der Waals surface area (Å²) >= 11 is 13.6. The number of rotatable bonds is 3. The predicted molar refractivity (Wildman–Crippen MR) is 84.2 cm³/mol. The Kier molecular flexibility index (Phi) is 4.66. The third kappa shape index (κ3) is 3.13. The van der Waals surface area contributed by atoms with Crippen molar-refractivity contribution in [2.75, 3.05) is 0 Å². The lowest BCUT2D eigenvalue weighted by Crippen LogP contribution is -2.30. The molecule has 0 amide bonds. The molecular formula is C13H16Cl2N4S. The van der Waals surface area contributed by atoms with Crippen LogP contribution in [-0.4, -0.2) is 9.59 Å². The molecule has 0 saturated heterocycles. The number of nitrogens with one attached hydrogen (secondary N) is 1. The van der Waals surface area contributed by atoms with Gasteiger partial charge in [0.1, 0.15) is 0 Å². The molecule has 0 fully saturated rings. The molecule has 1 aromatic heterocycles. The topological polar surface area (TPSA) is 63.8 Å². The number of hydrogen-bond donors (Lipinski definition) is 2. The molecule has 0 aliphatic rings. The summed E-state index contributed by atoms with van der Waals surface area (Å²) in [5.41, 5.74) is 4.39. The van der Waals surface area contributed by atoms with Crippen molar-refractivity contribution >= 4 is 34.7 Å². The fourth-order valence-corrected chi connectivity index (χ4v) is 3.30. The Balaban J connectivity index is 2.54. The summed E-state index contributed by atoms with van der Waals surface area (Å²) in [6.45, 7) is 6.25. The molecule has 2 rings (SSSR count). The molecule has 0 bridgehead atoms. The Morgan fingerprint density at radius 2 is 2.00 bits per heavy atom. The van der Waals surface area contributed by atoms with Crippen LogP contribution in [0.25, 0.3) is 0 Å². The Morgan fingerprint density at radius 1 is 1.30 bits per heavy atom. The molecule has 1 aromatic carbocycles. The average Bonchev–Trinajstić information content (AvgIpc) is 2.83. The first-order valence-corrected chi connectivity index (χ1v) is 7.61. The zero-order valence-corrected chi connectivity index (χ0v) is 13.8. The number of nitrogens with zero attached hydrogens (tertiary/aromatic N) is 2. The molecule has 3 N–H and O–H groups in total. The van der Waals surface area contributed by atoms with E-state index in [9.17, 15) is 0 Å². The van der Waals surface area contributed by atoms with Crippen molar-refractivity contribution < 1.29 is 0 Å². The lowest BCUT2D eigenvalue weighted by molar-refractivity contribution is 0.543. The third-order valence-corrected chi connectivity index (χ3v) is 4.29. The molecule has 108 valence electrons. The second-order valence-corrected chi connectivity index (χ2v) is 7.13. The van der Waals surface area contributed by atoms with Crippen LogP contribution < -0.4 is 11.3 Å². The zero-order valence-electron chi connectivity index (χ0n) is 11.4. The van der Waals surface area contributed by atoms with Gasteiger partial charge in [0, 0.05) is 15.5 Å². The SMILES string of the molecule is CC(C)(C)c1nnsc1C(NN)c1cc(Cl)ccc1Cl. The van der Waals surface area contributed by atoms with Crippen molar-refractivity contribution in [3.8, 4) is 0 Å². The largest absolute Gasteiger partial charge is 0.271 e. The van der Waals surface area contributed by atoms with Crippen molar-refractivity contribution in [2.24, 2.45) is 5.84 Å². The van der Waals surface area contributed by atoms with E-state index in [-0.39, 0.29) is 11.5 Å². The van der Waals surface area contributed by atoms with E-state index < -0.39 is 0 Å². The summed E-state index contributed by atoms with van der Waals surface area (Å²) in [4.78, 5) is 0.948. The van der Waals surface area contributed by atoms with Crippen LogP contribution in [0, 0.1) is 0 Å². The monoisotopic (exact) mass is 330 g/mol. The average molecular weight is 331 g/mol. The van der Waals surface area contributed by atoms with Gasteiger partial charge < -0.3 is 0 Å². The summed E-state index contributed by atoms with van der Waals surface area (Å²) in [5, 5.41) is 5.44. The fourth-order valence-electron chi connectivity index (χ4n) is 1.95. The quantitative estimate of drug-likeness (QED) is 0.665. The highest BCUT2D eigenvalue weighted by Crippen LogP contribution is 2.36. The Morgan fingerprint density at radius 3 is 2.60 bits per heavy atom. The van der Waals surface area contributed by atoms with Gasteiger partial charge in [-0.2, -0.15) is 0 Å². The first kappa shape index (κ1) is 15.7. The van der Waals surface area contributed by atoms with Crippen LogP contribution in [0.1, 0.15) is 42.9 Å². The van der Waals surface area contributed by atoms with Crippen molar-refractivity contribution in [1.29, 1.82) is 0 Å². The molecule has 4 nitrogen and oxygen atoms in total. The van der Waals surface area contributed by atoms with Crippen LogP contribution in [0.3, 0.4) is 0 Å². The maximum absolute atomic E-state index is 6.26. The van der Waals surface area contributed by atoms with E-state index in [2.05, 4.69) is 35.8 Å². The Bertz CT molecular complexity index is 607. The van der Waals surface area contributed by atoms with Crippen LogP contribution in [0.4, 0.5) is 0 Å². The minimum atomic E-state index is -0.282. The van der Waals surface area contributed by atoms with E-state index in [1.807, 2.05) is 0 Å². The maximum Gasteiger partial charge on any atom is 0.0861 e. The number of hydrazine groups is 1. The van der Waals surface area contributed by atoms with E-state index in [4.69, 9.17) is 29.0 Å². The van der Waals surface area contributed by atoms with Gasteiger partial charge in [0.15, 0.2) is 0 Å². The minimum absolute atomic E-state index is 0.123. The zero-order chi connectivity index (χ0) is 14.9. The van der Waals surface area contributed by atoms with Gasteiger partial charge in [0.25, 0.3) is 0 Å². The summed E-state index contributed by atoms with van der Waals surface area (Å²) in [6.07, 6.45) is 0. The molecule has 0 saturated carbocycles. The van der Waals surface area contributed by atoms with Crippen molar-refractivity contribution in [3.63, 3.8) is 0 Å².